The number of benzene rings is 1. The number of aromatic amines is 1. The van der Waals surface area contributed by atoms with Gasteiger partial charge >= 0.3 is 0 Å². The smallest absolute Gasteiger partial charge is 0.219 e. The lowest BCUT2D eigenvalue weighted by molar-refractivity contribution is -0.131. The maximum Gasteiger partial charge on any atom is 0.219 e. The summed E-state index contributed by atoms with van der Waals surface area (Å²) in [4.78, 5) is 17.3. The van der Waals surface area contributed by atoms with Gasteiger partial charge in [-0.25, -0.2) is 4.39 Å². The highest BCUT2D eigenvalue weighted by molar-refractivity contribution is 6.30. The summed E-state index contributed by atoms with van der Waals surface area (Å²) in [5.41, 5.74) is 4.19. The number of aromatic nitrogens is 3. The number of carbonyl (C=O) groups excluding carboxylic acids is 1. The second-order valence-electron chi connectivity index (χ2n) is 6.98. The number of rotatable bonds is 3. The average Bonchev–Trinajstić information content (AvgIpc) is 3.14. The van der Waals surface area contributed by atoms with Crippen molar-refractivity contribution in [1.29, 1.82) is 0 Å². The van der Waals surface area contributed by atoms with Crippen molar-refractivity contribution in [3.63, 3.8) is 0 Å². The first-order chi connectivity index (χ1) is 13.5. The molecule has 1 fully saturated rings. The predicted molar refractivity (Wildman–Crippen MR) is 107 cm³/mol. The first-order valence-electron chi connectivity index (χ1n) is 9.18. The van der Waals surface area contributed by atoms with Crippen LogP contribution in [0.5, 0.6) is 0 Å². The third-order valence-corrected chi connectivity index (χ3v) is 5.49. The minimum atomic E-state index is -1.16. The quantitative estimate of drug-likeness (QED) is 0.708. The molecular formula is C21H20ClFN4O. The van der Waals surface area contributed by atoms with E-state index >= 15 is 4.39 Å². The number of likely N-dealkylation sites (tertiary alicyclic amines) is 1. The van der Waals surface area contributed by atoms with Crippen molar-refractivity contribution >= 4 is 17.5 Å². The lowest BCUT2D eigenvalue weighted by Gasteiger charge is -2.34. The maximum absolute atomic E-state index is 15.0. The van der Waals surface area contributed by atoms with Crippen LogP contribution in [0.2, 0.25) is 5.02 Å². The van der Waals surface area contributed by atoms with Crippen molar-refractivity contribution in [2.45, 2.75) is 25.4 Å². The lowest BCUT2D eigenvalue weighted by atomic mass is 9.86. The Morgan fingerprint density at radius 2 is 1.89 bits per heavy atom. The molecule has 0 radical (unpaired) electrons. The van der Waals surface area contributed by atoms with Crippen LogP contribution in [0.15, 0.2) is 48.8 Å². The van der Waals surface area contributed by atoms with E-state index in [2.05, 4.69) is 15.2 Å². The van der Waals surface area contributed by atoms with Gasteiger partial charge in [-0.15, -0.1) is 0 Å². The van der Waals surface area contributed by atoms with Crippen molar-refractivity contribution in [1.82, 2.24) is 20.1 Å². The molecule has 0 spiro atoms. The molecule has 7 heteroatoms. The SMILES string of the molecule is CC(=O)N1CCC(c2[nH]nc(-c3ccc(Cl)cc3)c2-c2ccncc2)C(F)C1. The summed E-state index contributed by atoms with van der Waals surface area (Å²) in [6.07, 6.45) is 2.81. The van der Waals surface area contributed by atoms with Gasteiger partial charge in [-0.3, -0.25) is 14.9 Å². The standard InChI is InChI=1S/C21H20ClFN4O/c1-13(28)27-11-8-17(18(23)12-27)21-19(14-6-9-24-10-7-14)20(25-26-21)15-2-4-16(22)5-3-15/h2-7,9-10,17-18H,8,11-12H2,1H3,(H,25,26). The highest BCUT2D eigenvalue weighted by Crippen LogP contribution is 2.40. The number of carbonyl (C=O) groups is 1. The zero-order valence-corrected chi connectivity index (χ0v) is 16.2. The summed E-state index contributed by atoms with van der Waals surface area (Å²) in [5.74, 6) is -0.450. The van der Waals surface area contributed by atoms with Crippen molar-refractivity contribution < 1.29 is 9.18 Å². The fourth-order valence-electron chi connectivity index (χ4n) is 3.77. The monoisotopic (exact) mass is 398 g/mol. The van der Waals surface area contributed by atoms with Crippen LogP contribution in [0.25, 0.3) is 22.4 Å². The molecule has 1 aromatic carbocycles. The summed E-state index contributed by atoms with van der Waals surface area (Å²) in [5, 5.41) is 8.25. The number of hydrogen-bond acceptors (Lipinski definition) is 3. The Morgan fingerprint density at radius 1 is 1.18 bits per heavy atom. The fraction of sp³-hybridized carbons (Fsp3) is 0.286. The van der Waals surface area contributed by atoms with E-state index < -0.39 is 6.17 Å². The van der Waals surface area contributed by atoms with Gasteiger partial charge in [0.15, 0.2) is 0 Å². The molecular weight excluding hydrogens is 379 g/mol. The van der Waals surface area contributed by atoms with Crippen LogP contribution in [0, 0.1) is 0 Å². The molecule has 5 nitrogen and oxygen atoms in total. The third kappa shape index (κ3) is 3.52. The first kappa shape index (κ1) is 18.6. The molecule has 1 N–H and O–H groups in total. The number of halogens is 2. The molecule has 0 aliphatic carbocycles. The molecule has 3 aromatic rings. The number of hydrogen-bond donors (Lipinski definition) is 1. The summed E-state index contributed by atoms with van der Waals surface area (Å²) in [7, 11) is 0. The topological polar surface area (TPSA) is 61.9 Å². The Balaban J connectivity index is 1.78. The van der Waals surface area contributed by atoms with E-state index in [1.165, 1.54) is 6.92 Å². The molecule has 2 atom stereocenters. The highest BCUT2D eigenvalue weighted by atomic mass is 35.5. The second-order valence-corrected chi connectivity index (χ2v) is 7.42. The van der Waals surface area contributed by atoms with E-state index in [-0.39, 0.29) is 18.4 Å². The minimum Gasteiger partial charge on any atom is -0.340 e. The maximum atomic E-state index is 15.0. The van der Waals surface area contributed by atoms with E-state index in [1.54, 1.807) is 17.3 Å². The molecule has 1 aliphatic rings. The predicted octanol–water partition coefficient (Wildman–Crippen LogP) is 4.47. The van der Waals surface area contributed by atoms with Gasteiger partial charge < -0.3 is 4.90 Å². The van der Waals surface area contributed by atoms with Gasteiger partial charge in [0.1, 0.15) is 11.9 Å². The van der Waals surface area contributed by atoms with Crippen LogP contribution in [0.4, 0.5) is 4.39 Å². The van der Waals surface area contributed by atoms with Crippen LogP contribution in [-0.4, -0.2) is 45.2 Å². The first-order valence-corrected chi connectivity index (χ1v) is 9.56. The molecule has 3 heterocycles. The third-order valence-electron chi connectivity index (χ3n) is 5.24. The molecule has 2 aromatic heterocycles. The van der Waals surface area contributed by atoms with Crippen LogP contribution < -0.4 is 0 Å². The second kappa shape index (κ2) is 7.72. The van der Waals surface area contributed by atoms with Crippen molar-refractivity contribution in [2.24, 2.45) is 0 Å². The Labute approximate surface area is 167 Å². The van der Waals surface area contributed by atoms with Gasteiger partial charge in [0.25, 0.3) is 0 Å². The summed E-state index contributed by atoms with van der Waals surface area (Å²) < 4.78 is 15.0. The Bertz CT molecular complexity index is 974. The number of amides is 1. The van der Waals surface area contributed by atoms with Gasteiger partial charge in [0.05, 0.1) is 6.54 Å². The zero-order chi connectivity index (χ0) is 19.7. The van der Waals surface area contributed by atoms with Gasteiger partial charge in [0, 0.05) is 53.6 Å². The van der Waals surface area contributed by atoms with Crippen LogP contribution in [-0.2, 0) is 4.79 Å². The van der Waals surface area contributed by atoms with E-state index in [0.717, 1.165) is 28.1 Å². The van der Waals surface area contributed by atoms with E-state index in [9.17, 15) is 4.79 Å². The molecule has 2 unspecified atom stereocenters. The number of alkyl halides is 1. The Kier molecular flexibility index (Phi) is 5.13. The van der Waals surface area contributed by atoms with E-state index in [4.69, 9.17) is 11.6 Å². The Hall–Kier alpha value is -2.73. The molecule has 28 heavy (non-hydrogen) atoms. The normalized spacial score (nSPS) is 19.6. The minimum absolute atomic E-state index is 0.0954. The molecule has 0 saturated carbocycles. The van der Waals surface area contributed by atoms with Gasteiger partial charge in [-0.2, -0.15) is 5.10 Å². The summed E-state index contributed by atoms with van der Waals surface area (Å²) in [6.45, 7) is 2.11. The molecule has 4 rings (SSSR count). The van der Waals surface area contributed by atoms with Crippen molar-refractivity contribution in [3.8, 4) is 22.4 Å². The fourth-order valence-corrected chi connectivity index (χ4v) is 3.89. The number of nitrogens with one attached hydrogen (secondary N) is 1. The average molecular weight is 399 g/mol. The van der Waals surface area contributed by atoms with Crippen LogP contribution in [0.1, 0.15) is 25.0 Å². The summed E-state index contributed by atoms with van der Waals surface area (Å²) in [6, 6.07) is 11.2. The molecule has 144 valence electrons. The number of nitrogens with zero attached hydrogens (tertiary/aromatic N) is 3. The number of piperidine rings is 1. The van der Waals surface area contributed by atoms with Crippen molar-refractivity contribution in [3.05, 3.63) is 59.5 Å². The number of H-pyrrole nitrogens is 1. The molecule has 1 aliphatic heterocycles. The van der Waals surface area contributed by atoms with E-state index in [1.807, 2.05) is 36.4 Å². The lowest BCUT2D eigenvalue weighted by Crippen LogP contribution is -2.43. The molecule has 0 bridgehead atoms. The van der Waals surface area contributed by atoms with Crippen molar-refractivity contribution in [2.75, 3.05) is 13.1 Å². The molecule has 1 amide bonds. The number of pyridine rings is 1. The van der Waals surface area contributed by atoms with Crippen LogP contribution >= 0.6 is 11.6 Å². The largest absolute Gasteiger partial charge is 0.340 e. The zero-order valence-electron chi connectivity index (χ0n) is 15.4. The van der Waals surface area contributed by atoms with Gasteiger partial charge in [-0.1, -0.05) is 23.7 Å². The highest BCUT2D eigenvalue weighted by Gasteiger charge is 2.35. The molecule has 1 saturated heterocycles. The Morgan fingerprint density at radius 3 is 2.54 bits per heavy atom. The van der Waals surface area contributed by atoms with E-state index in [0.29, 0.717) is 18.0 Å². The van der Waals surface area contributed by atoms with Crippen LogP contribution in [0.3, 0.4) is 0 Å². The van der Waals surface area contributed by atoms with Gasteiger partial charge in [0.2, 0.25) is 5.91 Å². The van der Waals surface area contributed by atoms with Gasteiger partial charge in [-0.05, 0) is 36.2 Å². The summed E-state index contributed by atoms with van der Waals surface area (Å²) >= 11 is 6.02.